The summed E-state index contributed by atoms with van der Waals surface area (Å²) in [6.07, 6.45) is -8.64. The van der Waals surface area contributed by atoms with Gasteiger partial charge in [-0.15, -0.1) is 0 Å². The largest absolute Gasteiger partial charge is 0.460 e. The van der Waals surface area contributed by atoms with Crippen molar-refractivity contribution in [3.63, 3.8) is 0 Å². The molecule has 0 aromatic heterocycles. The lowest BCUT2D eigenvalue weighted by Gasteiger charge is -2.33. The highest BCUT2D eigenvalue weighted by Gasteiger charge is 2.81. The third-order valence-electron chi connectivity index (χ3n) is 2.47. The zero-order valence-electron chi connectivity index (χ0n) is 9.55. The summed E-state index contributed by atoms with van der Waals surface area (Å²) in [5.41, 5.74) is 0. The summed E-state index contributed by atoms with van der Waals surface area (Å²) in [6, 6.07) is -0.785. The van der Waals surface area contributed by atoms with Crippen molar-refractivity contribution in [1.82, 2.24) is 0 Å². The van der Waals surface area contributed by atoms with Crippen molar-refractivity contribution in [2.75, 3.05) is 0 Å². The van der Waals surface area contributed by atoms with Crippen LogP contribution in [-0.2, 0) is 0 Å². The molecule has 1 nitrogen and oxygen atoms in total. The fraction of sp³-hybridized carbons (Fsp3) is 1.00. The Morgan fingerprint density at radius 3 is 1.63 bits per heavy atom. The second-order valence-electron chi connectivity index (χ2n) is 3.95. The van der Waals surface area contributed by atoms with Gasteiger partial charge in [0.15, 0.2) is 0 Å². The van der Waals surface area contributed by atoms with Gasteiger partial charge in [-0.2, -0.15) is 39.5 Å². The molecule has 0 saturated carbocycles. The van der Waals surface area contributed by atoms with Gasteiger partial charge in [0.2, 0.25) is 0 Å². The normalized spacial score (nSPS) is 17.4. The van der Waals surface area contributed by atoms with E-state index in [9.17, 15) is 39.5 Å². The second kappa shape index (κ2) is 5.77. The van der Waals surface area contributed by atoms with E-state index in [0.717, 1.165) is 0 Å². The Labute approximate surface area is 108 Å². The van der Waals surface area contributed by atoms with Gasteiger partial charge in [0, 0.05) is 15.0 Å². The van der Waals surface area contributed by atoms with Crippen LogP contribution in [0.15, 0.2) is 0 Å². The van der Waals surface area contributed by atoms with Gasteiger partial charge in [0.1, 0.15) is 8.56 Å². The minimum Gasteiger partial charge on any atom is -0.439 e. The van der Waals surface area contributed by atoms with E-state index >= 15 is 0 Å². The molecule has 1 unspecified atom stereocenters. The quantitative estimate of drug-likeness (QED) is 0.544. The zero-order valence-corrected chi connectivity index (χ0v) is 14.1. The molecule has 0 rings (SSSR count). The highest BCUT2D eigenvalue weighted by atomic mass is 29.5. The average molecular weight is 354 g/mol. The van der Waals surface area contributed by atoms with Crippen molar-refractivity contribution in [2.45, 2.75) is 36.4 Å². The molecule has 0 radical (unpaired) electrons. The molecule has 0 aromatic carbocycles. The number of halogens is 9. The molecular weight excluding hydrogens is 343 g/mol. The van der Waals surface area contributed by atoms with Gasteiger partial charge in [-0.05, 0) is 15.8 Å². The van der Waals surface area contributed by atoms with Crippen LogP contribution in [0.1, 0.15) is 6.42 Å². The maximum absolute atomic E-state index is 12.9. The van der Waals surface area contributed by atoms with Crippen LogP contribution in [-0.4, -0.2) is 55.6 Å². The molecule has 13 heteroatoms. The van der Waals surface area contributed by atoms with Crippen molar-refractivity contribution in [3.05, 3.63) is 0 Å². The molecule has 0 aliphatic heterocycles. The van der Waals surface area contributed by atoms with E-state index in [-0.39, 0.29) is 0 Å². The molecule has 0 bridgehead atoms. The van der Waals surface area contributed by atoms with Crippen LogP contribution in [0, 0.1) is 0 Å². The van der Waals surface area contributed by atoms with Crippen LogP contribution in [0.2, 0.25) is 6.04 Å². The summed E-state index contributed by atoms with van der Waals surface area (Å²) in [5, 5.41) is 0. The van der Waals surface area contributed by atoms with E-state index in [1.807, 2.05) is 0 Å². The zero-order chi connectivity index (χ0) is 15.7. The Bertz CT molecular complexity index is 305. The van der Waals surface area contributed by atoms with Crippen LogP contribution in [0.25, 0.3) is 0 Å². The second-order valence-corrected chi connectivity index (χ2v) is 19.3. The lowest BCUT2D eigenvalue weighted by molar-refractivity contribution is -0.396. The van der Waals surface area contributed by atoms with Crippen molar-refractivity contribution in [2.24, 2.45) is 0 Å². The molecule has 0 aromatic rings. The molecule has 0 amide bonds. The predicted molar refractivity (Wildman–Crippen MR) is 58.2 cm³/mol. The molecule has 1 N–H and O–H groups in total. The standard InChI is InChI=1S/C6H11F9OSi3/c7-3(8,1-2-19(16)18-17)4(9,10)5(11,12)6(13,14)15/h16,19H,1-2,18H2,17H3. The molecule has 0 aliphatic carbocycles. The summed E-state index contributed by atoms with van der Waals surface area (Å²) in [4.78, 5) is 9.10. The van der Waals surface area contributed by atoms with Gasteiger partial charge in [-0.1, -0.05) is 0 Å². The maximum atomic E-state index is 12.9. The molecule has 19 heavy (non-hydrogen) atoms. The van der Waals surface area contributed by atoms with Gasteiger partial charge >= 0.3 is 23.9 Å². The van der Waals surface area contributed by atoms with E-state index in [0.29, 0.717) is 9.76 Å². The van der Waals surface area contributed by atoms with Gasteiger partial charge < -0.3 is 4.80 Å². The van der Waals surface area contributed by atoms with Gasteiger partial charge in [-0.25, -0.2) is 0 Å². The first kappa shape index (κ1) is 19.0. The van der Waals surface area contributed by atoms with Crippen molar-refractivity contribution in [3.8, 4) is 0 Å². The Hall–Kier alpha value is -0.0194. The lowest BCUT2D eigenvalue weighted by atomic mass is 10.0. The lowest BCUT2D eigenvalue weighted by Crippen LogP contribution is -2.60. The van der Waals surface area contributed by atoms with Crippen molar-refractivity contribution >= 4 is 26.9 Å². The SMILES string of the molecule is O[SiH](CCC(F)(F)C(F)(F)C(F)(F)C(F)(F)F)[SiH2][SiH3]. The summed E-state index contributed by atoms with van der Waals surface area (Å²) in [5.74, 6) is -18.9. The topological polar surface area (TPSA) is 20.2 Å². The molecule has 0 aliphatic rings. The molecule has 0 saturated heterocycles. The summed E-state index contributed by atoms with van der Waals surface area (Å²) < 4.78 is 111. The van der Waals surface area contributed by atoms with Gasteiger partial charge in [0.05, 0.1) is 0 Å². The molecule has 116 valence electrons. The summed E-state index contributed by atoms with van der Waals surface area (Å²) >= 11 is 0. The van der Waals surface area contributed by atoms with E-state index in [2.05, 4.69) is 0 Å². The first-order valence-corrected chi connectivity index (χ1v) is 15.3. The molecule has 0 spiro atoms. The van der Waals surface area contributed by atoms with Crippen molar-refractivity contribution in [1.29, 1.82) is 0 Å². The first-order valence-electron chi connectivity index (χ1n) is 5.09. The third-order valence-corrected chi connectivity index (χ3v) is 16.9. The molecular formula is C6H11F9OSi3. The Morgan fingerprint density at radius 2 is 1.32 bits per heavy atom. The smallest absolute Gasteiger partial charge is 0.439 e. The predicted octanol–water partition coefficient (Wildman–Crippen LogP) is 0.507. The van der Waals surface area contributed by atoms with E-state index in [4.69, 9.17) is 4.80 Å². The van der Waals surface area contributed by atoms with Crippen LogP contribution in [0.5, 0.6) is 0 Å². The highest BCUT2D eigenvalue weighted by molar-refractivity contribution is 7.28. The fourth-order valence-corrected chi connectivity index (χ4v) is 7.73. The monoisotopic (exact) mass is 354 g/mol. The van der Waals surface area contributed by atoms with Gasteiger partial charge in [0.25, 0.3) is 0 Å². The van der Waals surface area contributed by atoms with E-state index < -0.39 is 53.5 Å². The molecule has 0 heterocycles. The number of hydrogen-bond acceptors (Lipinski definition) is 1. The fourth-order valence-electron chi connectivity index (χ4n) is 1.12. The van der Waals surface area contributed by atoms with Crippen LogP contribution in [0.3, 0.4) is 0 Å². The number of alkyl halides is 9. The Kier molecular flexibility index (Phi) is 5.76. The highest BCUT2D eigenvalue weighted by Crippen LogP contribution is 2.54. The van der Waals surface area contributed by atoms with Crippen LogP contribution in [0.4, 0.5) is 39.5 Å². The number of rotatable bonds is 6. The van der Waals surface area contributed by atoms with Crippen LogP contribution >= 0.6 is 0 Å². The first-order chi connectivity index (χ1) is 8.20. The minimum atomic E-state index is -6.82. The van der Waals surface area contributed by atoms with Crippen LogP contribution < -0.4 is 0 Å². The Balaban J connectivity index is 5.17. The van der Waals surface area contributed by atoms with Gasteiger partial charge in [-0.3, -0.25) is 0 Å². The molecule has 0 fully saturated rings. The van der Waals surface area contributed by atoms with E-state index in [1.165, 1.54) is 0 Å². The van der Waals surface area contributed by atoms with Crippen molar-refractivity contribution < 1.29 is 44.3 Å². The summed E-state index contributed by atoms with van der Waals surface area (Å²) in [6.45, 7) is 0. The van der Waals surface area contributed by atoms with E-state index in [1.54, 1.807) is 0 Å². The third kappa shape index (κ3) is 3.75. The average Bonchev–Trinajstić information content (AvgIpc) is 2.23. The maximum Gasteiger partial charge on any atom is 0.460 e. The Morgan fingerprint density at radius 1 is 0.895 bits per heavy atom. The number of hydrogen-bond donors (Lipinski definition) is 1. The summed E-state index contributed by atoms with van der Waals surface area (Å²) in [7, 11) is -3.04. The minimum absolute atomic E-state index is 0.537. The molecule has 1 atom stereocenters.